The molecule has 2 aromatic rings. The van der Waals surface area contributed by atoms with Gasteiger partial charge < -0.3 is 10.0 Å². The summed E-state index contributed by atoms with van der Waals surface area (Å²) in [6.45, 7) is 1.63. The van der Waals surface area contributed by atoms with Crippen LogP contribution in [0, 0.1) is 0 Å². The molecule has 2 N–H and O–H groups in total. The van der Waals surface area contributed by atoms with Crippen molar-refractivity contribution >= 4 is 12.6 Å². The Labute approximate surface area is 113 Å². The highest BCUT2D eigenvalue weighted by Gasteiger charge is 2.10. The molecule has 0 aliphatic heterocycles. The fourth-order valence-electron chi connectivity index (χ4n) is 2.03. The van der Waals surface area contributed by atoms with Gasteiger partial charge in [0.1, 0.15) is 0 Å². The van der Waals surface area contributed by atoms with Crippen LogP contribution in [0.15, 0.2) is 36.7 Å². The molecule has 0 spiro atoms. The van der Waals surface area contributed by atoms with Gasteiger partial charge in [0.05, 0.1) is 6.20 Å². The third kappa shape index (κ3) is 3.92. The number of hydrogen-bond acceptors (Lipinski definition) is 4. The Morgan fingerprint density at radius 1 is 1.16 bits per heavy atom. The van der Waals surface area contributed by atoms with Gasteiger partial charge in [0.15, 0.2) is 0 Å². The minimum absolute atomic E-state index is 0.513. The van der Waals surface area contributed by atoms with Crippen LogP contribution in [0.5, 0.6) is 0 Å². The van der Waals surface area contributed by atoms with Crippen LogP contribution in [0.4, 0.5) is 0 Å². The summed E-state index contributed by atoms with van der Waals surface area (Å²) in [5.41, 5.74) is 2.82. The molecule has 1 heterocycles. The van der Waals surface area contributed by atoms with Gasteiger partial charge in [0.25, 0.3) is 0 Å². The van der Waals surface area contributed by atoms with Gasteiger partial charge in [-0.25, -0.2) is 0 Å². The number of rotatable bonds is 5. The molecule has 0 atom stereocenters. The lowest BCUT2D eigenvalue weighted by Gasteiger charge is -2.15. The fourth-order valence-corrected chi connectivity index (χ4v) is 2.03. The average molecular weight is 259 g/mol. The van der Waals surface area contributed by atoms with E-state index in [9.17, 15) is 0 Å². The zero-order valence-electron chi connectivity index (χ0n) is 11.2. The van der Waals surface area contributed by atoms with Crippen LogP contribution in [-0.4, -0.2) is 38.9 Å². The first-order valence-electron chi connectivity index (χ1n) is 6.15. The molecule has 0 unspecified atom stereocenters. The molecule has 2 rings (SSSR count). The van der Waals surface area contributed by atoms with Crippen LogP contribution in [0.2, 0.25) is 0 Å². The Kier molecular flexibility index (Phi) is 4.37. The van der Waals surface area contributed by atoms with Crippen LogP contribution in [-0.2, 0) is 20.1 Å². The molecular formula is C13H18BN3O2. The third-order valence-electron chi connectivity index (χ3n) is 2.94. The second-order valence-electron chi connectivity index (χ2n) is 4.81. The van der Waals surface area contributed by atoms with Crippen molar-refractivity contribution in [2.75, 3.05) is 7.05 Å². The predicted molar refractivity (Wildman–Crippen MR) is 74.6 cm³/mol. The smallest absolute Gasteiger partial charge is 0.423 e. The van der Waals surface area contributed by atoms with E-state index in [0.717, 1.165) is 18.7 Å². The zero-order chi connectivity index (χ0) is 13.8. The molecule has 0 fully saturated rings. The second kappa shape index (κ2) is 6.01. The van der Waals surface area contributed by atoms with Crippen LogP contribution in [0.1, 0.15) is 11.1 Å². The molecule has 0 bridgehead atoms. The Bertz CT molecular complexity index is 525. The molecule has 0 amide bonds. The van der Waals surface area contributed by atoms with E-state index in [2.05, 4.69) is 10.00 Å². The molecule has 5 nitrogen and oxygen atoms in total. The quantitative estimate of drug-likeness (QED) is 0.726. The molecule has 1 aromatic carbocycles. The van der Waals surface area contributed by atoms with E-state index in [1.165, 1.54) is 5.56 Å². The predicted octanol–water partition coefficient (Wildman–Crippen LogP) is -0.268. The summed E-state index contributed by atoms with van der Waals surface area (Å²) in [5.74, 6) is 0. The lowest BCUT2D eigenvalue weighted by Crippen LogP contribution is -2.29. The van der Waals surface area contributed by atoms with Gasteiger partial charge in [-0.1, -0.05) is 24.3 Å². The topological polar surface area (TPSA) is 61.5 Å². The van der Waals surface area contributed by atoms with E-state index in [4.69, 9.17) is 10.0 Å². The SMILES string of the molecule is CN(Cc1ccc(B(O)O)cc1)Cc1cnn(C)c1. The maximum absolute atomic E-state index is 9.03. The van der Waals surface area contributed by atoms with Gasteiger partial charge in [0.2, 0.25) is 0 Å². The zero-order valence-corrected chi connectivity index (χ0v) is 11.2. The highest BCUT2D eigenvalue weighted by Crippen LogP contribution is 2.06. The average Bonchev–Trinajstić information content (AvgIpc) is 2.75. The summed E-state index contributed by atoms with van der Waals surface area (Å²) in [5, 5.41) is 22.2. The Balaban J connectivity index is 1.93. The van der Waals surface area contributed by atoms with Crippen molar-refractivity contribution in [3.63, 3.8) is 0 Å². The first-order valence-corrected chi connectivity index (χ1v) is 6.15. The molecule has 0 saturated carbocycles. The summed E-state index contributed by atoms with van der Waals surface area (Å²) >= 11 is 0. The van der Waals surface area contributed by atoms with E-state index in [1.807, 2.05) is 38.6 Å². The van der Waals surface area contributed by atoms with Crippen LogP contribution in [0.3, 0.4) is 0 Å². The van der Waals surface area contributed by atoms with Gasteiger partial charge in [-0.2, -0.15) is 5.10 Å². The summed E-state index contributed by atoms with van der Waals surface area (Å²) < 4.78 is 1.79. The third-order valence-corrected chi connectivity index (χ3v) is 2.94. The van der Waals surface area contributed by atoms with Crippen molar-refractivity contribution in [2.45, 2.75) is 13.1 Å². The molecule has 0 aliphatic carbocycles. The molecule has 6 heteroatoms. The van der Waals surface area contributed by atoms with Gasteiger partial charge in [-0.15, -0.1) is 0 Å². The van der Waals surface area contributed by atoms with Crippen molar-refractivity contribution in [1.82, 2.24) is 14.7 Å². The number of hydrogen-bond donors (Lipinski definition) is 2. The summed E-state index contributed by atoms with van der Waals surface area (Å²) in [6, 6.07) is 7.29. The number of aromatic nitrogens is 2. The largest absolute Gasteiger partial charge is 0.488 e. The van der Waals surface area contributed by atoms with E-state index in [-0.39, 0.29) is 0 Å². The number of aryl methyl sites for hydroxylation is 1. The lowest BCUT2D eigenvalue weighted by atomic mass is 9.80. The second-order valence-corrected chi connectivity index (χ2v) is 4.81. The number of nitrogens with zero attached hydrogens (tertiary/aromatic N) is 3. The van der Waals surface area contributed by atoms with Crippen molar-refractivity contribution < 1.29 is 10.0 Å². The maximum atomic E-state index is 9.03. The molecule has 1 aromatic heterocycles. The first-order chi connectivity index (χ1) is 9.04. The summed E-state index contributed by atoms with van der Waals surface area (Å²) in [4.78, 5) is 2.18. The highest BCUT2D eigenvalue weighted by atomic mass is 16.4. The molecule has 0 radical (unpaired) electrons. The molecule has 100 valence electrons. The Morgan fingerprint density at radius 2 is 1.79 bits per heavy atom. The van der Waals surface area contributed by atoms with Crippen molar-refractivity contribution in [1.29, 1.82) is 0 Å². The summed E-state index contributed by atoms with van der Waals surface area (Å²) in [7, 11) is 2.55. The molecular weight excluding hydrogens is 241 g/mol. The summed E-state index contributed by atoms with van der Waals surface area (Å²) in [6.07, 6.45) is 3.86. The standard InChI is InChI=1S/C13H18BN3O2/c1-16(9-12-7-15-17(2)10-12)8-11-3-5-13(6-4-11)14(18)19/h3-7,10,18-19H,8-9H2,1-2H3. The van der Waals surface area contributed by atoms with E-state index in [0.29, 0.717) is 5.46 Å². The van der Waals surface area contributed by atoms with Crippen molar-refractivity contribution in [3.8, 4) is 0 Å². The minimum atomic E-state index is -1.40. The first kappa shape index (κ1) is 13.8. The van der Waals surface area contributed by atoms with Gasteiger partial charge in [-0.05, 0) is 18.1 Å². The lowest BCUT2D eigenvalue weighted by molar-refractivity contribution is 0.319. The van der Waals surface area contributed by atoms with Crippen molar-refractivity contribution in [2.24, 2.45) is 7.05 Å². The monoisotopic (exact) mass is 259 g/mol. The minimum Gasteiger partial charge on any atom is -0.423 e. The van der Waals surface area contributed by atoms with Crippen molar-refractivity contribution in [3.05, 3.63) is 47.8 Å². The van der Waals surface area contributed by atoms with Crippen LogP contribution in [0.25, 0.3) is 0 Å². The van der Waals surface area contributed by atoms with Crippen LogP contribution >= 0.6 is 0 Å². The molecule has 19 heavy (non-hydrogen) atoms. The van der Waals surface area contributed by atoms with Gasteiger partial charge >= 0.3 is 7.12 Å². The van der Waals surface area contributed by atoms with E-state index >= 15 is 0 Å². The fraction of sp³-hybridized carbons (Fsp3) is 0.308. The maximum Gasteiger partial charge on any atom is 0.488 e. The molecule has 0 saturated heterocycles. The van der Waals surface area contributed by atoms with E-state index in [1.54, 1.807) is 16.8 Å². The Hall–Kier alpha value is -1.63. The van der Waals surface area contributed by atoms with E-state index < -0.39 is 7.12 Å². The van der Waals surface area contributed by atoms with Gasteiger partial charge in [-0.3, -0.25) is 9.58 Å². The normalized spacial score (nSPS) is 11.0. The number of benzene rings is 1. The van der Waals surface area contributed by atoms with Crippen LogP contribution < -0.4 is 5.46 Å². The highest BCUT2D eigenvalue weighted by molar-refractivity contribution is 6.58. The Morgan fingerprint density at radius 3 is 2.32 bits per heavy atom. The van der Waals surface area contributed by atoms with Gasteiger partial charge in [0, 0.05) is 31.9 Å². The molecule has 0 aliphatic rings.